The van der Waals surface area contributed by atoms with E-state index in [4.69, 9.17) is 13.9 Å². The molecule has 2 aromatic rings. The first-order chi connectivity index (χ1) is 12.5. The van der Waals surface area contributed by atoms with Crippen molar-refractivity contribution in [2.75, 3.05) is 18.5 Å². The summed E-state index contributed by atoms with van der Waals surface area (Å²) in [6.07, 6.45) is 1.76. The molecule has 0 aliphatic rings. The Labute approximate surface area is 158 Å². The molecule has 0 unspecified atom stereocenters. The second-order valence-electron chi connectivity index (χ2n) is 5.29. The molecule has 26 heavy (non-hydrogen) atoms. The largest absolute Gasteiger partial charge is 0.462 e. The fourth-order valence-electron chi connectivity index (χ4n) is 1.91. The molecule has 0 fully saturated rings. The Kier molecular flexibility index (Phi) is 7.40. The lowest BCUT2D eigenvalue weighted by molar-refractivity contribution is -0.119. The Balaban J connectivity index is 1.79. The highest BCUT2D eigenvalue weighted by molar-refractivity contribution is 9.10. The van der Waals surface area contributed by atoms with Crippen molar-refractivity contribution >= 4 is 39.5 Å². The molecule has 0 bridgehead atoms. The average Bonchev–Trinajstić information content (AvgIpc) is 3.07. The normalized spacial score (nSPS) is 10.2. The van der Waals surface area contributed by atoms with Crippen LogP contribution in [-0.2, 0) is 14.3 Å². The molecule has 1 aromatic carbocycles. The van der Waals surface area contributed by atoms with Crippen molar-refractivity contribution in [1.29, 1.82) is 0 Å². The molecule has 0 radical (unpaired) electrons. The van der Waals surface area contributed by atoms with Crippen molar-refractivity contribution in [2.45, 2.75) is 19.8 Å². The highest BCUT2D eigenvalue weighted by Crippen LogP contribution is 2.15. The summed E-state index contributed by atoms with van der Waals surface area (Å²) in [5, 5.41) is 2.56. The van der Waals surface area contributed by atoms with E-state index in [-0.39, 0.29) is 5.76 Å². The van der Waals surface area contributed by atoms with Gasteiger partial charge in [0.05, 0.1) is 12.2 Å². The van der Waals surface area contributed by atoms with E-state index >= 15 is 0 Å². The third-order valence-electron chi connectivity index (χ3n) is 3.24. The van der Waals surface area contributed by atoms with Gasteiger partial charge in [-0.25, -0.2) is 9.59 Å². The number of carbonyl (C=O) groups is 3. The number of halogens is 1. The summed E-state index contributed by atoms with van der Waals surface area (Å²) < 4.78 is 15.4. The van der Waals surface area contributed by atoms with Crippen molar-refractivity contribution in [2.24, 2.45) is 0 Å². The van der Waals surface area contributed by atoms with E-state index in [2.05, 4.69) is 21.2 Å². The molecule has 2 rings (SSSR count). The molecule has 0 saturated carbocycles. The summed E-state index contributed by atoms with van der Waals surface area (Å²) in [6.45, 7) is 1.93. The number of carbonyl (C=O) groups excluding carboxylic acids is 3. The first kappa shape index (κ1) is 19.7. The molecule has 138 valence electrons. The van der Waals surface area contributed by atoms with Gasteiger partial charge < -0.3 is 19.2 Å². The van der Waals surface area contributed by atoms with Gasteiger partial charge in [-0.3, -0.25) is 4.79 Å². The van der Waals surface area contributed by atoms with Crippen LogP contribution < -0.4 is 5.32 Å². The van der Waals surface area contributed by atoms with Gasteiger partial charge in [-0.05, 0) is 58.7 Å². The van der Waals surface area contributed by atoms with Crippen LogP contribution in [0.25, 0.3) is 0 Å². The van der Waals surface area contributed by atoms with E-state index in [0.717, 1.165) is 12.8 Å². The van der Waals surface area contributed by atoms with Gasteiger partial charge in [-0.2, -0.15) is 0 Å². The van der Waals surface area contributed by atoms with E-state index in [1.54, 1.807) is 30.3 Å². The number of nitrogens with one attached hydrogen (secondary N) is 1. The molecular formula is C18H18BrNO6. The second-order valence-corrected chi connectivity index (χ2v) is 6.08. The average molecular weight is 424 g/mol. The third-order valence-corrected chi connectivity index (χ3v) is 3.67. The van der Waals surface area contributed by atoms with Gasteiger partial charge >= 0.3 is 11.9 Å². The van der Waals surface area contributed by atoms with E-state index in [1.807, 2.05) is 6.92 Å². The Morgan fingerprint density at radius 3 is 2.38 bits per heavy atom. The lowest BCUT2D eigenvalue weighted by Gasteiger charge is -2.07. The zero-order valence-electron chi connectivity index (χ0n) is 14.1. The SMILES string of the molecule is CCCCOC(=O)c1ccc(NC(=O)COC(=O)c2ccc(Br)o2)cc1. The highest BCUT2D eigenvalue weighted by atomic mass is 79.9. The highest BCUT2D eigenvalue weighted by Gasteiger charge is 2.14. The second kappa shape index (κ2) is 9.76. The van der Waals surface area contributed by atoms with Crippen molar-refractivity contribution < 1.29 is 28.3 Å². The molecule has 0 saturated heterocycles. The summed E-state index contributed by atoms with van der Waals surface area (Å²) in [5.74, 6) is -1.66. The van der Waals surface area contributed by atoms with Crippen molar-refractivity contribution in [3.8, 4) is 0 Å². The maximum absolute atomic E-state index is 11.8. The maximum atomic E-state index is 11.8. The van der Waals surface area contributed by atoms with Gasteiger partial charge in [0.15, 0.2) is 11.3 Å². The molecule has 0 atom stereocenters. The number of benzene rings is 1. The Hall–Kier alpha value is -2.61. The molecule has 1 heterocycles. The first-order valence-electron chi connectivity index (χ1n) is 7.99. The Bertz CT molecular complexity index is 768. The van der Waals surface area contributed by atoms with Gasteiger partial charge in [-0.1, -0.05) is 13.3 Å². The summed E-state index contributed by atoms with van der Waals surface area (Å²) in [4.78, 5) is 35.3. The number of furan rings is 1. The zero-order chi connectivity index (χ0) is 18.9. The number of ether oxygens (including phenoxy) is 2. The summed E-state index contributed by atoms with van der Waals surface area (Å²) in [6, 6.07) is 9.22. The lowest BCUT2D eigenvalue weighted by Crippen LogP contribution is -2.20. The number of rotatable bonds is 8. The smallest absolute Gasteiger partial charge is 0.374 e. The molecule has 1 N–H and O–H groups in total. The summed E-state index contributed by atoms with van der Waals surface area (Å²) in [7, 11) is 0. The van der Waals surface area contributed by atoms with E-state index in [1.165, 1.54) is 6.07 Å². The third kappa shape index (κ3) is 6.03. The first-order valence-corrected chi connectivity index (χ1v) is 8.78. The topological polar surface area (TPSA) is 94.8 Å². The van der Waals surface area contributed by atoms with Crippen LogP contribution in [0.15, 0.2) is 45.5 Å². The summed E-state index contributed by atoms with van der Waals surface area (Å²) >= 11 is 3.07. The monoisotopic (exact) mass is 423 g/mol. The molecule has 7 nitrogen and oxygen atoms in total. The fraction of sp³-hybridized carbons (Fsp3) is 0.278. The van der Waals surface area contributed by atoms with Crippen LogP contribution in [0.5, 0.6) is 0 Å². The fourth-order valence-corrected chi connectivity index (χ4v) is 2.21. The molecule has 1 aromatic heterocycles. The zero-order valence-corrected chi connectivity index (χ0v) is 15.7. The number of hydrogen-bond donors (Lipinski definition) is 1. The van der Waals surface area contributed by atoms with Crippen molar-refractivity contribution in [3.63, 3.8) is 0 Å². The molecule has 0 spiro atoms. The van der Waals surface area contributed by atoms with Crippen LogP contribution in [0.1, 0.15) is 40.7 Å². The van der Waals surface area contributed by atoms with Crippen LogP contribution in [0.3, 0.4) is 0 Å². The van der Waals surface area contributed by atoms with Crippen LogP contribution in [0.2, 0.25) is 0 Å². The molecule has 0 aliphatic heterocycles. The number of esters is 2. The van der Waals surface area contributed by atoms with Crippen LogP contribution in [-0.4, -0.2) is 31.1 Å². The predicted molar refractivity (Wildman–Crippen MR) is 97.0 cm³/mol. The number of unbranched alkanes of at least 4 members (excludes halogenated alkanes) is 1. The predicted octanol–water partition coefficient (Wildman–Crippen LogP) is 3.79. The standard InChI is InChI=1S/C18H18BrNO6/c1-2-3-10-24-17(22)12-4-6-13(7-5-12)20-16(21)11-25-18(23)14-8-9-15(19)26-14/h4-9H,2-3,10-11H2,1H3,(H,20,21). The van der Waals surface area contributed by atoms with E-state index in [0.29, 0.717) is 22.5 Å². The van der Waals surface area contributed by atoms with Crippen LogP contribution in [0, 0.1) is 0 Å². The minimum Gasteiger partial charge on any atom is -0.462 e. The minimum atomic E-state index is -0.740. The number of anilines is 1. The van der Waals surface area contributed by atoms with Gasteiger partial charge in [-0.15, -0.1) is 0 Å². The molecule has 8 heteroatoms. The quantitative estimate of drug-likeness (QED) is 0.512. The van der Waals surface area contributed by atoms with Gasteiger partial charge in [0.1, 0.15) is 0 Å². The van der Waals surface area contributed by atoms with Crippen molar-refractivity contribution in [1.82, 2.24) is 0 Å². The van der Waals surface area contributed by atoms with E-state index < -0.39 is 24.5 Å². The summed E-state index contributed by atoms with van der Waals surface area (Å²) in [5.41, 5.74) is 0.867. The Morgan fingerprint density at radius 2 is 1.77 bits per heavy atom. The maximum Gasteiger partial charge on any atom is 0.374 e. The van der Waals surface area contributed by atoms with Gasteiger partial charge in [0, 0.05) is 5.69 Å². The van der Waals surface area contributed by atoms with Crippen LogP contribution >= 0.6 is 15.9 Å². The van der Waals surface area contributed by atoms with Gasteiger partial charge in [0.25, 0.3) is 5.91 Å². The van der Waals surface area contributed by atoms with E-state index in [9.17, 15) is 14.4 Å². The van der Waals surface area contributed by atoms with Crippen molar-refractivity contribution in [3.05, 3.63) is 52.4 Å². The number of hydrogen-bond acceptors (Lipinski definition) is 6. The molecular weight excluding hydrogens is 406 g/mol. The molecule has 1 amide bonds. The Morgan fingerprint density at radius 1 is 1.04 bits per heavy atom. The van der Waals surface area contributed by atoms with Crippen LogP contribution in [0.4, 0.5) is 5.69 Å². The van der Waals surface area contributed by atoms with Gasteiger partial charge in [0.2, 0.25) is 5.76 Å². The minimum absolute atomic E-state index is 0.00406. The lowest BCUT2D eigenvalue weighted by atomic mass is 10.2. The number of amides is 1. The molecule has 0 aliphatic carbocycles.